The molecular formula is C2H7ClN2O2S. The maximum Gasteiger partial charge on any atom is 0.264 e. The first-order valence-corrected chi connectivity index (χ1v) is 3.20. The molecule has 50 valence electrons. The molecule has 0 heterocycles. The van der Waals surface area contributed by atoms with Gasteiger partial charge in [-0.1, -0.05) is 0 Å². The SMILES string of the molecule is CN(C)N(Cl)S(=O)O. The summed E-state index contributed by atoms with van der Waals surface area (Å²) >= 11 is 3.04. The fourth-order valence-electron chi connectivity index (χ4n) is 0.140. The zero-order valence-corrected chi connectivity index (χ0v) is 6.11. The van der Waals surface area contributed by atoms with Gasteiger partial charge in [0.1, 0.15) is 0 Å². The minimum Gasteiger partial charge on any atom is -0.292 e. The van der Waals surface area contributed by atoms with Gasteiger partial charge in [-0.25, -0.2) is 9.22 Å². The van der Waals surface area contributed by atoms with E-state index in [1.165, 1.54) is 5.01 Å². The van der Waals surface area contributed by atoms with Crippen molar-refractivity contribution < 1.29 is 8.76 Å². The van der Waals surface area contributed by atoms with E-state index in [9.17, 15) is 4.21 Å². The maximum atomic E-state index is 10.0. The predicted molar refractivity (Wildman–Crippen MR) is 32.2 cm³/mol. The monoisotopic (exact) mass is 158 g/mol. The highest BCUT2D eigenvalue weighted by molar-refractivity contribution is 7.77. The normalized spacial score (nSPS) is 15.2. The summed E-state index contributed by atoms with van der Waals surface area (Å²) in [6.45, 7) is 0. The highest BCUT2D eigenvalue weighted by atomic mass is 35.5. The summed E-state index contributed by atoms with van der Waals surface area (Å²) < 4.78 is 18.9. The fraction of sp³-hybridized carbons (Fsp3) is 1.00. The standard InChI is InChI=1S/C2H7ClN2O2S/c1-4(2)5(3)8(6)7/h1-2H3,(H,6,7). The Labute approximate surface area is 55.5 Å². The Hall–Kier alpha value is 0.320. The van der Waals surface area contributed by atoms with E-state index in [0.717, 1.165) is 0 Å². The Morgan fingerprint density at radius 1 is 1.62 bits per heavy atom. The summed E-state index contributed by atoms with van der Waals surface area (Å²) in [6, 6.07) is 0. The maximum absolute atomic E-state index is 10.0. The highest BCUT2D eigenvalue weighted by Gasteiger charge is 2.07. The van der Waals surface area contributed by atoms with Crippen molar-refractivity contribution in [2.75, 3.05) is 14.1 Å². The largest absolute Gasteiger partial charge is 0.292 e. The second-order valence-corrected chi connectivity index (χ2v) is 2.63. The van der Waals surface area contributed by atoms with Gasteiger partial charge in [-0.2, -0.15) is 0 Å². The van der Waals surface area contributed by atoms with Gasteiger partial charge >= 0.3 is 0 Å². The van der Waals surface area contributed by atoms with Crippen molar-refractivity contribution in [1.29, 1.82) is 0 Å². The number of halogens is 1. The second kappa shape index (κ2) is 3.37. The number of hydrazine groups is 1. The first-order chi connectivity index (χ1) is 3.55. The number of hydrogen-bond donors (Lipinski definition) is 1. The Kier molecular flexibility index (Phi) is 3.50. The van der Waals surface area contributed by atoms with Crippen LogP contribution >= 0.6 is 11.8 Å². The lowest BCUT2D eigenvalue weighted by molar-refractivity contribution is 0.227. The molecule has 0 aromatic carbocycles. The molecule has 0 rings (SSSR count). The van der Waals surface area contributed by atoms with Crippen LogP contribution in [0.4, 0.5) is 0 Å². The van der Waals surface area contributed by atoms with E-state index in [1.807, 2.05) is 0 Å². The summed E-state index contributed by atoms with van der Waals surface area (Å²) in [4.78, 5) is 0. The summed E-state index contributed by atoms with van der Waals surface area (Å²) in [5, 5.41) is 1.29. The molecule has 0 fully saturated rings. The number of rotatable bonds is 2. The molecule has 0 saturated carbocycles. The zero-order chi connectivity index (χ0) is 6.73. The Balaban J connectivity index is 3.64. The average molecular weight is 159 g/mol. The predicted octanol–water partition coefficient (Wildman–Crippen LogP) is 0.0555. The van der Waals surface area contributed by atoms with E-state index in [0.29, 0.717) is 3.93 Å². The zero-order valence-electron chi connectivity index (χ0n) is 4.54. The first-order valence-electron chi connectivity index (χ1n) is 1.80. The van der Waals surface area contributed by atoms with Gasteiger partial charge in [-0.3, -0.25) is 4.55 Å². The molecule has 8 heavy (non-hydrogen) atoms. The van der Waals surface area contributed by atoms with Gasteiger partial charge in [0.2, 0.25) is 0 Å². The fourth-order valence-corrected chi connectivity index (χ4v) is 0.419. The third-order valence-electron chi connectivity index (χ3n) is 0.443. The van der Waals surface area contributed by atoms with Crippen molar-refractivity contribution in [3.8, 4) is 0 Å². The van der Waals surface area contributed by atoms with Crippen molar-refractivity contribution in [2.45, 2.75) is 0 Å². The summed E-state index contributed by atoms with van der Waals surface area (Å²) in [7, 11) is 3.11. The van der Waals surface area contributed by atoms with E-state index in [-0.39, 0.29) is 0 Å². The molecule has 1 N–H and O–H groups in total. The summed E-state index contributed by atoms with van der Waals surface area (Å²) in [5.74, 6) is 0. The minimum absolute atomic E-state index is 0.667. The van der Waals surface area contributed by atoms with Crippen LogP contribution < -0.4 is 0 Å². The Morgan fingerprint density at radius 2 is 2.00 bits per heavy atom. The lowest BCUT2D eigenvalue weighted by Crippen LogP contribution is -2.29. The van der Waals surface area contributed by atoms with E-state index in [2.05, 4.69) is 0 Å². The van der Waals surface area contributed by atoms with Crippen molar-refractivity contribution in [1.82, 2.24) is 8.94 Å². The number of nitrogens with zero attached hydrogens (tertiary/aromatic N) is 2. The molecule has 1 atom stereocenters. The first kappa shape index (κ1) is 8.32. The molecule has 0 saturated heterocycles. The molecule has 0 aromatic heterocycles. The molecule has 0 radical (unpaired) electrons. The molecule has 1 unspecified atom stereocenters. The van der Waals surface area contributed by atoms with E-state index < -0.39 is 11.3 Å². The average Bonchev–Trinajstić information content (AvgIpc) is 1.64. The van der Waals surface area contributed by atoms with Gasteiger partial charge in [-0.05, 0) is 3.93 Å². The lowest BCUT2D eigenvalue weighted by atomic mass is 11.2. The molecule has 0 bridgehead atoms. The highest BCUT2D eigenvalue weighted by Crippen LogP contribution is 1.97. The summed E-state index contributed by atoms with van der Waals surface area (Å²) in [6.07, 6.45) is 0. The van der Waals surface area contributed by atoms with Gasteiger partial charge in [0.05, 0.1) is 0 Å². The quantitative estimate of drug-likeness (QED) is 0.351. The third-order valence-corrected chi connectivity index (χ3v) is 1.68. The lowest BCUT2D eigenvalue weighted by Gasteiger charge is -2.14. The molecule has 0 spiro atoms. The van der Waals surface area contributed by atoms with Crippen LogP contribution in [0, 0.1) is 0 Å². The molecule has 0 amide bonds. The molecule has 0 aliphatic heterocycles. The van der Waals surface area contributed by atoms with E-state index >= 15 is 0 Å². The Morgan fingerprint density at radius 3 is 2.00 bits per heavy atom. The minimum atomic E-state index is -2.12. The Bertz CT molecular complexity index is 98.0. The molecular weight excluding hydrogens is 152 g/mol. The molecule has 6 heteroatoms. The van der Waals surface area contributed by atoms with Crippen molar-refractivity contribution >= 4 is 23.0 Å². The van der Waals surface area contributed by atoms with Crippen LogP contribution in [0.25, 0.3) is 0 Å². The molecule has 4 nitrogen and oxygen atoms in total. The van der Waals surface area contributed by atoms with Crippen molar-refractivity contribution in [3.05, 3.63) is 0 Å². The van der Waals surface area contributed by atoms with Crippen LogP contribution in [0.5, 0.6) is 0 Å². The van der Waals surface area contributed by atoms with Gasteiger partial charge in [-0.15, -0.1) is 0 Å². The van der Waals surface area contributed by atoms with Gasteiger partial charge in [0.25, 0.3) is 11.3 Å². The van der Waals surface area contributed by atoms with Crippen molar-refractivity contribution in [2.24, 2.45) is 0 Å². The van der Waals surface area contributed by atoms with E-state index in [1.54, 1.807) is 14.1 Å². The second-order valence-electron chi connectivity index (χ2n) is 1.30. The van der Waals surface area contributed by atoms with Crippen LogP contribution in [0.1, 0.15) is 0 Å². The van der Waals surface area contributed by atoms with E-state index in [4.69, 9.17) is 16.3 Å². The molecule has 0 aliphatic rings. The number of hydrogen-bond acceptors (Lipinski definition) is 2. The van der Waals surface area contributed by atoms with Gasteiger partial charge < -0.3 is 0 Å². The van der Waals surface area contributed by atoms with Crippen LogP contribution in [0.3, 0.4) is 0 Å². The third kappa shape index (κ3) is 2.58. The van der Waals surface area contributed by atoms with Gasteiger partial charge in [0.15, 0.2) is 0 Å². The van der Waals surface area contributed by atoms with Gasteiger partial charge in [0, 0.05) is 25.9 Å². The molecule has 0 aromatic rings. The van der Waals surface area contributed by atoms with Crippen LogP contribution in [0.15, 0.2) is 0 Å². The molecule has 0 aliphatic carbocycles. The van der Waals surface area contributed by atoms with Crippen molar-refractivity contribution in [3.63, 3.8) is 0 Å². The van der Waals surface area contributed by atoms with Crippen LogP contribution in [0.2, 0.25) is 0 Å². The summed E-state index contributed by atoms with van der Waals surface area (Å²) in [5.41, 5.74) is 0. The van der Waals surface area contributed by atoms with Crippen LogP contribution in [-0.4, -0.2) is 31.8 Å². The van der Waals surface area contributed by atoms with Crippen LogP contribution in [-0.2, 0) is 11.3 Å². The smallest absolute Gasteiger partial charge is 0.264 e. The topological polar surface area (TPSA) is 43.8 Å².